The zero-order valence-corrected chi connectivity index (χ0v) is 8.55. The predicted octanol–water partition coefficient (Wildman–Crippen LogP) is 2.06. The van der Waals surface area contributed by atoms with Crippen molar-refractivity contribution in [1.29, 1.82) is 0 Å². The van der Waals surface area contributed by atoms with E-state index in [0.29, 0.717) is 0 Å². The van der Waals surface area contributed by atoms with Crippen LogP contribution in [0.5, 0.6) is 0 Å². The number of aryl methyl sites for hydroxylation is 1. The molecule has 0 atom stereocenters. The molecule has 3 nitrogen and oxygen atoms in total. The molecule has 2 aromatic heterocycles. The zero-order valence-electron chi connectivity index (χ0n) is 7.73. The maximum atomic E-state index is 8.76. The first-order valence-corrected chi connectivity index (χ1v) is 5.47. The third kappa shape index (κ3) is 1.86. The molecule has 0 amide bonds. The molecule has 0 aromatic carbocycles. The highest BCUT2D eigenvalue weighted by molar-refractivity contribution is 7.13. The Morgan fingerprint density at radius 1 is 1.50 bits per heavy atom. The number of rotatable bonds is 4. The van der Waals surface area contributed by atoms with Gasteiger partial charge in [0, 0.05) is 6.61 Å². The van der Waals surface area contributed by atoms with Crippen LogP contribution in [0, 0.1) is 0 Å². The summed E-state index contributed by atoms with van der Waals surface area (Å²) in [6.07, 6.45) is 3.50. The second-order valence-electron chi connectivity index (χ2n) is 3.07. The highest BCUT2D eigenvalue weighted by Gasteiger charge is 2.07. The predicted molar refractivity (Wildman–Crippen MR) is 57.3 cm³/mol. The van der Waals surface area contributed by atoms with Crippen LogP contribution < -0.4 is 0 Å². The van der Waals surface area contributed by atoms with E-state index >= 15 is 0 Å². The fourth-order valence-corrected chi connectivity index (χ4v) is 2.16. The molecule has 0 saturated carbocycles. The van der Waals surface area contributed by atoms with Crippen LogP contribution in [0.25, 0.3) is 10.6 Å². The van der Waals surface area contributed by atoms with Crippen molar-refractivity contribution in [2.45, 2.75) is 12.8 Å². The number of hydrogen-bond acceptors (Lipinski definition) is 3. The first kappa shape index (κ1) is 9.43. The standard InChI is InChI=1S/C10H12N2OS/c13-5-1-3-8-7-11-12-10(8)9-4-2-6-14-9/h2,4,6-7,13H,1,3,5H2,(H,11,12). The van der Waals surface area contributed by atoms with Crippen LogP contribution in [0.2, 0.25) is 0 Å². The van der Waals surface area contributed by atoms with Crippen molar-refractivity contribution in [3.05, 3.63) is 29.3 Å². The van der Waals surface area contributed by atoms with Crippen molar-refractivity contribution in [1.82, 2.24) is 10.2 Å². The molecule has 2 heterocycles. The summed E-state index contributed by atoms with van der Waals surface area (Å²) in [5.41, 5.74) is 2.27. The molecular formula is C10H12N2OS. The fraction of sp³-hybridized carbons (Fsp3) is 0.300. The molecule has 2 N–H and O–H groups in total. The number of thiophene rings is 1. The van der Waals surface area contributed by atoms with Gasteiger partial charge in [0.15, 0.2) is 0 Å². The van der Waals surface area contributed by atoms with Gasteiger partial charge in [-0.05, 0) is 29.9 Å². The Bertz CT molecular complexity index is 380. The number of H-pyrrole nitrogens is 1. The van der Waals surface area contributed by atoms with Crippen LogP contribution in [0.15, 0.2) is 23.7 Å². The van der Waals surface area contributed by atoms with Crippen molar-refractivity contribution < 1.29 is 5.11 Å². The van der Waals surface area contributed by atoms with Gasteiger partial charge in [-0.1, -0.05) is 6.07 Å². The Kier molecular flexibility index (Phi) is 2.96. The van der Waals surface area contributed by atoms with Gasteiger partial charge in [-0.25, -0.2) is 0 Å². The summed E-state index contributed by atoms with van der Waals surface area (Å²) in [6.45, 7) is 0.231. The third-order valence-electron chi connectivity index (χ3n) is 2.09. The lowest BCUT2D eigenvalue weighted by Gasteiger charge is -1.98. The average Bonchev–Trinajstić information content (AvgIpc) is 2.84. The second kappa shape index (κ2) is 4.39. The molecule has 0 aliphatic heterocycles. The second-order valence-corrected chi connectivity index (χ2v) is 4.02. The molecule has 0 fully saturated rings. The lowest BCUT2D eigenvalue weighted by atomic mass is 10.1. The number of aromatic amines is 1. The van der Waals surface area contributed by atoms with E-state index in [0.717, 1.165) is 18.5 Å². The van der Waals surface area contributed by atoms with E-state index in [2.05, 4.69) is 16.3 Å². The molecule has 0 aliphatic rings. The molecule has 0 saturated heterocycles. The van der Waals surface area contributed by atoms with E-state index in [1.807, 2.05) is 17.6 Å². The van der Waals surface area contributed by atoms with Gasteiger partial charge in [0.25, 0.3) is 0 Å². The van der Waals surface area contributed by atoms with Crippen molar-refractivity contribution in [2.75, 3.05) is 6.61 Å². The molecule has 0 radical (unpaired) electrons. The number of nitrogens with one attached hydrogen (secondary N) is 1. The van der Waals surface area contributed by atoms with E-state index in [-0.39, 0.29) is 6.61 Å². The van der Waals surface area contributed by atoms with Gasteiger partial charge in [-0.2, -0.15) is 5.10 Å². The zero-order chi connectivity index (χ0) is 9.80. The van der Waals surface area contributed by atoms with Crippen LogP contribution in [0.1, 0.15) is 12.0 Å². The molecule has 0 unspecified atom stereocenters. The minimum atomic E-state index is 0.231. The Morgan fingerprint density at radius 3 is 3.14 bits per heavy atom. The Balaban J connectivity index is 2.22. The summed E-state index contributed by atoms with van der Waals surface area (Å²) in [6, 6.07) is 4.09. The Morgan fingerprint density at radius 2 is 2.43 bits per heavy atom. The Hall–Kier alpha value is -1.13. The summed E-state index contributed by atoms with van der Waals surface area (Å²) in [5.74, 6) is 0. The van der Waals surface area contributed by atoms with E-state index in [9.17, 15) is 0 Å². The highest BCUT2D eigenvalue weighted by Crippen LogP contribution is 2.26. The quantitative estimate of drug-likeness (QED) is 0.808. The maximum absolute atomic E-state index is 8.76. The number of aliphatic hydroxyl groups excluding tert-OH is 1. The van der Waals surface area contributed by atoms with Crippen molar-refractivity contribution in [2.24, 2.45) is 0 Å². The lowest BCUT2D eigenvalue weighted by molar-refractivity contribution is 0.288. The third-order valence-corrected chi connectivity index (χ3v) is 2.98. The summed E-state index contributed by atoms with van der Waals surface area (Å²) in [5, 5.41) is 17.8. The molecule has 4 heteroatoms. The van der Waals surface area contributed by atoms with Crippen LogP contribution in [-0.2, 0) is 6.42 Å². The molecule has 0 spiro atoms. The van der Waals surface area contributed by atoms with Gasteiger partial charge < -0.3 is 5.11 Å². The van der Waals surface area contributed by atoms with Gasteiger partial charge in [0.1, 0.15) is 0 Å². The van der Waals surface area contributed by atoms with E-state index in [1.165, 1.54) is 10.4 Å². The molecule has 2 rings (SSSR count). The first-order chi connectivity index (χ1) is 6.92. The number of hydrogen-bond donors (Lipinski definition) is 2. The molecular weight excluding hydrogens is 196 g/mol. The van der Waals surface area contributed by atoms with Crippen LogP contribution in [-0.4, -0.2) is 21.9 Å². The number of nitrogens with zero attached hydrogens (tertiary/aromatic N) is 1. The van der Waals surface area contributed by atoms with Crippen molar-refractivity contribution in [3.63, 3.8) is 0 Å². The minimum Gasteiger partial charge on any atom is -0.396 e. The lowest BCUT2D eigenvalue weighted by Crippen LogP contribution is -1.89. The summed E-state index contributed by atoms with van der Waals surface area (Å²) in [4.78, 5) is 1.20. The monoisotopic (exact) mass is 208 g/mol. The molecule has 0 aliphatic carbocycles. The Labute approximate surface area is 86.4 Å². The van der Waals surface area contributed by atoms with Crippen LogP contribution >= 0.6 is 11.3 Å². The molecule has 14 heavy (non-hydrogen) atoms. The topological polar surface area (TPSA) is 48.9 Å². The van der Waals surface area contributed by atoms with E-state index in [4.69, 9.17) is 5.11 Å². The minimum absolute atomic E-state index is 0.231. The maximum Gasteiger partial charge on any atom is 0.0781 e. The fourth-order valence-electron chi connectivity index (χ4n) is 1.40. The summed E-state index contributed by atoms with van der Waals surface area (Å²) >= 11 is 1.69. The number of aromatic nitrogens is 2. The summed E-state index contributed by atoms with van der Waals surface area (Å²) in [7, 11) is 0. The molecule has 74 valence electrons. The van der Waals surface area contributed by atoms with E-state index in [1.54, 1.807) is 11.3 Å². The molecule has 0 bridgehead atoms. The molecule has 2 aromatic rings. The normalized spacial score (nSPS) is 10.6. The van der Waals surface area contributed by atoms with E-state index < -0.39 is 0 Å². The van der Waals surface area contributed by atoms with Crippen molar-refractivity contribution >= 4 is 11.3 Å². The van der Waals surface area contributed by atoms with Gasteiger partial charge >= 0.3 is 0 Å². The smallest absolute Gasteiger partial charge is 0.0781 e. The van der Waals surface area contributed by atoms with Gasteiger partial charge in [-0.3, -0.25) is 5.10 Å². The SMILES string of the molecule is OCCCc1cn[nH]c1-c1cccs1. The van der Waals surface area contributed by atoms with Gasteiger partial charge in [-0.15, -0.1) is 11.3 Å². The van der Waals surface area contributed by atoms with Crippen molar-refractivity contribution in [3.8, 4) is 10.6 Å². The highest BCUT2D eigenvalue weighted by atomic mass is 32.1. The average molecular weight is 208 g/mol. The first-order valence-electron chi connectivity index (χ1n) is 4.59. The largest absolute Gasteiger partial charge is 0.396 e. The summed E-state index contributed by atoms with van der Waals surface area (Å²) < 4.78 is 0. The number of aliphatic hydroxyl groups is 1. The van der Waals surface area contributed by atoms with Gasteiger partial charge in [0.2, 0.25) is 0 Å². The van der Waals surface area contributed by atoms with Crippen LogP contribution in [0.3, 0.4) is 0 Å². The van der Waals surface area contributed by atoms with Gasteiger partial charge in [0.05, 0.1) is 16.8 Å². The van der Waals surface area contributed by atoms with Crippen LogP contribution in [0.4, 0.5) is 0 Å².